The molecule has 21 heavy (non-hydrogen) atoms. The van der Waals surface area contributed by atoms with E-state index in [4.69, 9.17) is 5.26 Å². The Morgan fingerprint density at radius 2 is 2.00 bits per heavy atom. The summed E-state index contributed by atoms with van der Waals surface area (Å²) in [5.41, 5.74) is 2.48. The third-order valence-electron chi connectivity index (χ3n) is 3.63. The van der Waals surface area contributed by atoms with Crippen molar-refractivity contribution in [3.63, 3.8) is 0 Å². The quantitative estimate of drug-likeness (QED) is 0.905. The van der Waals surface area contributed by atoms with Gasteiger partial charge in [0.2, 0.25) is 0 Å². The molecule has 0 aliphatic heterocycles. The summed E-state index contributed by atoms with van der Waals surface area (Å²) in [6.45, 7) is 0. The number of nitrogens with zero attached hydrogens (tertiary/aromatic N) is 2. The Kier molecular flexibility index (Phi) is 3.39. The van der Waals surface area contributed by atoms with Crippen molar-refractivity contribution in [1.29, 1.82) is 5.26 Å². The van der Waals surface area contributed by atoms with Crippen LogP contribution in [0.5, 0.6) is 0 Å². The molecule has 0 fully saturated rings. The molecular formula is C14H14N4O2S. The number of nitrogens with one attached hydrogen (secondary N) is 2. The van der Waals surface area contributed by atoms with E-state index in [1.807, 2.05) is 12.1 Å². The average Bonchev–Trinajstić information content (AvgIpc) is 2.93. The van der Waals surface area contributed by atoms with Gasteiger partial charge in [0.1, 0.15) is 11.6 Å². The zero-order valence-electron chi connectivity index (χ0n) is 11.3. The van der Waals surface area contributed by atoms with E-state index in [1.165, 1.54) is 11.8 Å². The molecule has 0 spiro atoms. The Hall–Kier alpha value is -2.33. The number of aryl methyl sites for hydroxylation is 2. The van der Waals surface area contributed by atoms with E-state index < -0.39 is 10.0 Å². The van der Waals surface area contributed by atoms with Crippen LogP contribution in [0.3, 0.4) is 0 Å². The average molecular weight is 302 g/mol. The molecule has 7 heteroatoms. The highest BCUT2D eigenvalue weighted by Gasteiger charge is 2.19. The van der Waals surface area contributed by atoms with Gasteiger partial charge < -0.3 is 0 Å². The first-order valence-electron chi connectivity index (χ1n) is 6.68. The Morgan fingerprint density at radius 3 is 2.76 bits per heavy atom. The highest BCUT2D eigenvalue weighted by Crippen LogP contribution is 2.25. The SMILES string of the molecule is N#Cc1cn[nH]c1NS(=O)(=O)c1ccc2c(c1)CCCC2. The number of fused-ring (bicyclic) bond motifs is 1. The van der Waals surface area contributed by atoms with Crippen molar-refractivity contribution >= 4 is 15.8 Å². The summed E-state index contributed by atoms with van der Waals surface area (Å²) in [5, 5.41) is 15.0. The van der Waals surface area contributed by atoms with Crippen molar-refractivity contribution in [1.82, 2.24) is 10.2 Å². The number of hydrogen-bond acceptors (Lipinski definition) is 4. The highest BCUT2D eigenvalue weighted by molar-refractivity contribution is 7.92. The molecule has 0 unspecified atom stereocenters. The molecule has 0 bridgehead atoms. The summed E-state index contributed by atoms with van der Waals surface area (Å²) in [5.74, 6) is 0.0928. The Bertz CT molecular complexity index is 818. The number of aromatic amines is 1. The second-order valence-electron chi connectivity index (χ2n) is 5.01. The predicted octanol–water partition coefficient (Wildman–Crippen LogP) is 1.96. The predicted molar refractivity (Wildman–Crippen MR) is 77.2 cm³/mol. The van der Waals surface area contributed by atoms with Crippen molar-refractivity contribution < 1.29 is 8.42 Å². The topological polar surface area (TPSA) is 98.6 Å². The van der Waals surface area contributed by atoms with E-state index in [-0.39, 0.29) is 16.3 Å². The Balaban J connectivity index is 1.94. The molecule has 0 amide bonds. The fourth-order valence-electron chi connectivity index (χ4n) is 2.52. The standard InChI is InChI=1S/C14H14N4O2S/c15-8-12-9-16-17-14(12)18-21(19,20)13-6-5-10-3-1-2-4-11(10)7-13/h5-7,9H,1-4H2,(H2,16,17,18). The van der Waals surface area contributed by atoms with Gasteiger partial charge >= 0.3 is 0 Å². The molecule has 108 valence electrons. The van der Waals surface area contributed by atoms with Gasteiger partial charge in [-0.05, 0) is 48.9 Å². The maximum absolute atomic E-state index is 12.4. The lowest BCUT2D eigenvalue weighted by atomic mass is 9.92. The molecule has 6 nitrogen and oxygen atoms in total. The summed E-state index contributed by atoms with van der Waals surface area (Å²) in [4.78, 5) is 0.210. The van der Waals surface area contributed by atoms with Crippen LogP contribution in [0.25, 0.3) is 0 Å². The molecule has 1 aromatic carbocycles. The molecule has 1 heterocycles. The van der Waals surface area contributed by atoms with Gasteiger partial charge in [-0.3, -0.25) is 9.82 Å². The van der Waals surface area contributed by atoms with E-state index >= 15 is 0 Å². The molecule has 2 N–H and O–H groups in total. The van der Waals surface area contributed by atoms with Crippen LogP contribution in [0, 0.1) is 11.3 Å². The largest absolute Gasteiger partial charge is 0.263 e. The van der Waals surface area contributed by atoms with Crippen LogP contribution in [0.1, 0.15) is 29.5 Å². The van der Waals surface area contributed by atoms with Crippen LogP contribution in [-0.2, 0) is 22.9 Å². The minimum Gasteiger partial charge on any atom is -0.263 e. The molecule has 0 radical (unpaired) electrons. The second kappa shape index (κ2) is 5.22. The summed E-state index contributed by atoms with van der Waals surface area (Å²) in [6.07, 6.45) is 5.43. The van der Waals surface area contributed by atoms with Crippen LogP contribution < -0.4 is 4.72 Å². The molecule has 1 aliphatic rings. The molecule has 0 saturated heterocycles. The van der Waals surface area contributed by atoms with Crippen molar-refractivity contribution in [2.75, 3.05) is 4.72 Å². The van der Waals surface area contributed by atoms with Crippen molar-refractivity contribution in [2.45, 2.75) is 30.6 Å². The molecule has 1 aliphatic carbocycles. The number of anilines is 1. The minimum atomic E-state index is -3.72. The lowest BCUT2D eigenvalue weighted by Crippen LogP contribution is -2.15. The van der Waals surface area contributed by atoms with E-state index in [0.717, 1.165) is 31.2 Å². The van der Waals surface area contributed by atoms with E-state index in [2.05, 4.69) is 14.9 Å². The van der Waals surface area contributed by atoms with Crippen molar-refractivity contribution in [3.05, 3.63) is 41.1 Å². The van der Waals surface area contributed by atoms with Crippen LogP contribution in [0.4, 0.5) is 5.82 Å². The molecule has 2 aromatic rings. The number of benzene rings is 1. The fourth-order valence-corrected chi connectivity index (χ4v) is 3.61. The summed E-state index contributed by atoms with van der Waals surface area (Å²) < 4.78 is 27.1. The lowest BCUT2D eigenvalue weighted by molar-refractivity contribution is 0.600. The van der Waals surface area contributed by atoms with Crippen molar-refractivity contribution in [2.24, 2.45) is 0 Å². The maximum atomic E-state index is 12.4. The number of sulfonamides is 1. The maximum Gasteiger partial charge on any atom is 0.263 e. The zero-order chi connectivity index (χ0) is 14.9. The number of H-pyrrole nitrogens is 1. The monoisotopic (exact) mass is 302 g/mol. The first kappa shape index (κ1) is 13.6. The van der Waals surface area contributed by atoms with Gasteiger partial charge in [0.25, 0.3) is 10.0 Å². The van der Waals surface area contributed by atoms with E-state index in [0.29, 0.717) is 0 Å². The summed E-state index contributed by atoms with van der Waals surface area (Å²) in [6, 6.07) is 7.08. The van der Waals surface area contributed by atoms with Gasteiger partial charge in [0.15, 0.2) is 5.82 Å². The molecule has 0 saturated carbocycles. The van der Waals surface area contributed by atoms with E-state index in [1.54, 1.807) is 12.1 Å². The van der Waals surface area contributed by atoms with Gasteiger partial charge in [0, 0.05) is 0 Å². The minimum absolute atomic E-state index is 0.0928. The lowest BCUT2D eigenvalue weighted by Gasteiger charge is -2.16. The fraction of sp³-hybridized carbons (Fsp3) is 0.286. The number of aromatic nitrogens is 2. The van der Waals surface area contributed by atoms with Crippen LogP contribution >= 0.6 is 0 Å². The first-order valence-corrected chi connectivity index (χ1v) is 8.16. The van der Waals surface area contributed by atoms with Gasteiger partial charge in [-0.1, -0.05) is 6.07 Å². The summed E-state index contributed by atoms with van der Waals surface area (Å²) in [7, 11) is -3.72. The van der Waals surface area contributed by atoms with Gasteiger partial charge in [-0.15, -0.1) is 0 Å². The van der Waals surface area contributed by atoms with Crippen LogP contribution in [-0.4, -0.2) is 18.6 Å². The third-order valence-corrected chi connectivity index (χ3v) is 4.97. The van der Waals surface area contributed by atoms with Crippen molar-refractivity contribution in [3.8, 4) is 6.07 Å². The van der Waals surface area contributed by atoms with E-state index in [9.17, 15) is 8.42 Å². The molecular weight excluding hydrogens is 288 g/mol. The van der Waals surface area contributed by atoms with Gasteiger partial charge in [-0.25, -0.2) is 8.42 Å². The summed E-state index contributed by atoms with van der Waals surface area (Å²) >= 11 is 0. The second-order valence-corrected chi connectivity index (χ2v) is 6.70. The normalized spacial score (nSPS) is 14.2. The molecule has 3 rings (SSSR count). The van der Waals surface area contributed by atoms with Crippen LogP contribution in [0.15, 0.2) is 29.3 Å². The Labute approximate surface area is 122 Å². The van der Waals surface area contributed by atoms with Crippen LogP contribution in [0.2, 0.25) is 0 Å². The number of hydrogen-bond donors (Lipinski definition) is 2. The smallest absolute Gasteiger partial charge is 0.263 e. The number of rotatable bonds is 3. The number of nitriles is 1. The third kappa shape index (κ3) is 2.62. The highest BCUT2D eigenvalue weighted by atomic mass is 32.2. The van der Waals surface area contributed by atoms with Gasteiger partial charge in [-0.2, -0.15) is 10.4 Å². The Morgan fingerprint density at radius 1 is 1.24 bits per heavy atom. The zero-order valence-corrected chi connectivity index (χ0v) is 12.1. The van der Waals surface area contributed by atoms with Gasteiger partial charge in [0.05, 0.1) is 11.1 Å². The molecule has 0 atom stereocenters. The first-order chi connectivity index (χ1) is 10.1. The molecule has 1 aromatic heterocycles.